The summed E-state index contributed by atoms with van der Waals surface area (Å²) in [5, 5.41) is 0. The second kappa shape index (κ2) is 8.79. The molecule has 4 rings (SSSR count). The van der Waals surface area contributed by atoms with Gasteiger partial charge in [0.05, 0.1) is 4.90 Å². The number of nitrogens with one attached hydrogen (secondary N) is 1. The zero-order valence-electron chi connectivity index (χ0n) is 17.9. The summed E-state index contributed by atoms with van der Waals surface area (Å²) in [5.74, 6) is 0.724. The molecule has 2 aliphatic rings. The Bertz CT molecular complexity index is 1140. The van der Waals surface area contributed by atoms with Crippen molar-refractivity contribution >= 4 is 21.8 Å². The Kier molecular flexibility index (Phi) is 6.07. The number of para-hydroxylation sites is 2. The number of benzene rings is 2. The predicted molar refractivity (Wildman–Crippen MR) is 116 cm³/mol. The average Bonchev–Trinajstić information content (AvgIpc) is 2.83. The third kappa shape index (κ3) is 4.28. The molecule has 2 aromatic carbocycles. The van der Waals surface area contributed by atoms with Crippen LogP contribution in [-0.2, 0) is 14.8 Å². The van der Waals surface area contributed by atoms with Crippen molar-refractivity contribution in [2.45, 2.75) is 17.9 Å². The number of sulfonamides is 1. The van der Waals surface area contributed by atoms with Gasteiger partial charge >= 0.3 is 0 Å². The van der Waals surface area contributed by atoms with Gasteiger partial charge in [-0.2, -0.15) is 0 Å². The van der Waals surface area contributed by atoms with Gasteiger partial charge in [-0.05, 0) is 43.8 Å². The van der Waals surface area contributed by atoms with E-state index in [1.165, 1.54) is 19.2 Å². The van der Waals surface area contributed by atoms with Crippen LogP contribution in [0.2, 0.25) is 0 Å². The Hall–Kier alpha value is -3.11. The molecule has 2 aliphatic heterocycles. The SMILES string of the molecule is CNS(=O)(=O)c1ccc(C)c(C(=O)N2CCN(C(=O)C3COc4ccccc4O3)CC2)c1. The van der Waals surface area contributed by atoms with Crippen molar-refractivity contribution in [3.8, 4) is 11.5 Å². The van der Waals surface area contributed by atoms with Crippen LogP contribution in [-0.4, -0.2) is 76.0 Å². The molecule has 2 amide bonds. The van der Waals surface area contributed by atoms with Crippen molar-refractivity contribution in [2.24, 2.45) is 0 Å². The van der Waals surface area contributed by atoms with Crippen LogP contribution < -0.4 is 14.2 Å². The lowest BCUT2D eigenvalue weighted by atomic mass is 10.1. The van der Waals surface area contributed by atoms with Gasteiger partial charge in [0.2, 0.25) is 16.1 Å². The summed E-state index contributed by atoms with van der Waals surface area (Å²) in [5.41, 5.74) is 1.02. The lowest BCUT2D eigenvalue weighted by Crippen LogP contribution is -2.55. The zero-order chi connectivity index (χ0) is 22.9. The van der Waals surface area contributed by atoms with Gasteiger partial charge in [0.1, 0.15) is 6.61 Å². The Balaban J connectivity index is 1.40. The number of ether oxygens (including phenoxy) is 2. The first-order valence-electron chi connectivity index (χ1n) is 10.3. The van der Waals surface area contributed by atoms with Crippen LogP contribution >= 0.6 is 0 Å². The number of amides is 2. The van der Waals surface area contributed by atoms with Crippen LogP contribution in [0.1, 0.15) is 15.9 Å². The summed E-state index contributed by atoms with van der Waals surface area (Å²) in [6.07, 6.45) is -0.724. The van der Waals surface area contributed by atoms with Crippen molar-refractivity contribution in [3.05, 3.63) is 53.6 Å². The van der Waals surface area contributed by atoms with E-state index in [0.717, 1.165) is 0 Å². The third-order valence-corrected chi connectivity index (χ3v) is 7.09. The highest BCUT2D eigenvalue weighted by atomic mass is 32.2. The molecule has 1 N–H and O–H groups in total. The monoisotopic (exact) mass is 459 g/mol. The number of fused-ring (bicyclic) bond motifs is 1. The molecule has 0 bridgehead atoms. The van der Waals surface area contributed by atoms with E-state index in [-0.39, 0.29) is 23.3 Å². The molecular formula is C22H25N3O6S. The fourth-order valence-electron chi connectivity index (χ4n) is 3.76. The molecule has 170 valence electrons. The van der Waals surface area contributed by atoms with Crippen LogP contribution in [0.25, 0.3) is 0 Å². The molecule has 0 aliphatic carbocycles. The number of hydrogen-bond donors (Lipinski definition) is 1. The largest absolute Gasteiger partial charge is 0.485 e. The van der Waals surface area contributed by atoms with Crippen molar-refractivity contribution in [1.29, 1.82) is 0 Å². The maximum Gasteiger partial charge on any atom is 0.267 e. The molecule has 2 aromatic rings. The van der Waals surface area contributed by atoms with Crippen molar-refractivity contribution in [1.82, 2.24) is 14.5 Å². The second-order valence-corrected chi connectivity index (χ2v) is 9.55. The van der Waals surface area contributed by atoms with E-state index < -0.39 is 16.1 Å². The number of carbonyl (C=O) groups is 2. The average molecular weight is 460 g/mol. The van der Waals surface area contributed by atoms with E-state index in [4.69, 9.17) is 9.47 Å². The normalized spacial score (nSPS) is 18.4. The fourth-order valence-corrected chi connectivity index (χ4v) is 4.52. The first-order valence-corrected chi connectivity index (χ1v) is 11.8. The van der Waals surface area contributed by atoms with Gasteiger partial charge in [0.15, 0.2) is 11.5 Å². The number of aryl methyl sites for hydroxylation is 1. The van der Waals surface area contributed by atoms with Gasteiger partial charge in [-0.25, -0.2) is 13.1 Å². The molecule has 1 atom stereocenters. The van der Waals surface area contributed by atoms with Crippen LogP contribution in [0.5, 0.6) is 11.5 Å². The Morgan fingerprint density at radius 1 is 1.00 bits per heavy atom. The first kappa shape index (κ1) is 22.1. The van der Waals surface area contributed by atoms with E-state index in [9.17, 15) is 18.0 Å². The molecule has 1 saturated heterocycles. The second-order valence-electron chi connectivity index (χ2n) is 7.67. The molecule has 0 radical (unpaired) electrons. The zero-order valence-corrected chi connectivity index (χ0v) is 18.7. The highest BCUT2D eigenvalue weighted by molar-refractivity contribution is 7.89. The summed E-state index contributed by atoms with van der Waals surface area (Å²) < 4.78 is 37.9. The standard InChI is InChI=1S/C22H25N3O6S/c1-15-7-8-16(32(28,29)23-2)13-17(15)21(26)24-9-11-25(12-10-24)22(27)20-14-30-18-5-3-4-6-19(18)31-20/h3-8,13,20,23H,9-12,14H2,1-2H3. The third-order valence-electron chi connectivity index (χ3n) is 5.68. The van der Waals surface area contributed by atoms with E-state index in [1.807, 2.05) is 12.1 Å². The maximum absolute atomic E-state index is 13.1. The summed E-state index contributed by atoms with van der Waals surface area (Å²) >= 11 is 0. The Morgan fingerprint density at radius 3 is 2.34 bits per heavy atom. The van der Waals surface area contributed by atoms with Crippen molar-refractivity contribution in [3.63, 3.8) is 0 Å². The smallest absolute Gasteiger partial charge is 0.267 e. The number of piperazine rings is 1. The fraction of sp³-hybridized carbons (Fsp3) is 0.364. The van der Waals surface area contributed by atoms with Crippen LogP contribution in [0.3, 0.4) is 0 Å². The van der Waals surface area contributed by atoms with Crippen molar-refractivity contribution in [2.75, 3.05) is 39.8 Å². The van der Waals surface area contributed by atoms with Gasteiger partial charge in [0, 0.05) is 31.7 Å². The van der Waals surface area contributed by atoms with Crippen molar-refractivity contribution < 1.29 is 27.5 Å². The van der Waals surface area contributed by atoms with Gasteiger partial charge in [-0.15, -0.1) is 0 Å². The molecule has 0 saturated carbocycles. The van der Waals surface area contributed by atoms with E-state index >= 15 is 0 Å². The summed E-state index contributed by atoms with van der Waals surface area (Å²) in [6, 6.07) is 11.7. The molecule has 9 nitrogen and oxygen atoms in total. The van der Waals surface area contributed by atoms with Gasteiger partial charge in [-0.1, -0.05) is 18.2 Å². The van der Waals surface area contributed by atoms with E-state index in [1.54, 1.807) is 34.9 Å². The minimum atomic E-state index is -3.65. The molecule has 1 fully saturated rings. The number of nitrogens with zero attached hydrogens (tertiary/aromatic N) is 2. The maximum atomic E-state index is 13.1. The van der Waals surface area contributed by atoms with E-state index in [2.05, 4.69) is 4.72 Å². The minimum Gasteiger partial charge on any atom is -0.485 e. The Labute approximate surface area is 187 Å². The number of hydrogen-bond acceptors (Lipinski definition) is 6. The van der Waals surface area contributed by atoms with Crippen LogP contribution in [0, 0.1) is 6.92 Å². The Morgan fingerprint density at radius 2 is 1.66 bits per heavy atom. The number of carbonyl (C=O) groups excluding carboxylic acids is 2. The lowest BCUT2D eigenvalue weighted by molar-refractivity contribution is -0.142. The first-order chi connectivity index (χ1) is 15.3. The topological polar surface area (TPSA) is 105 Å². The minimum absolute atomic E-state index is 0.0393. The highest BCUT2D eigenvalue weighted by Gasteiger charge is 2.34. The molecule has 1 unspecified atom stereocenters. The predicted octanol–water partition coefficient (Wildman–Crippen LogP) is 1.03. The van der Waals surface area contributed by atoms with Gasteiger partial charge < -0.3 is 19.3 Å². The molecular weight excluding hydrogens is 434 g/mol. The summed E-state index contributed by atoms with van der Waals surface area (Å²) in [6.45, 7) is 3.32. The summed E-state index contributed by atoms with van der Waals surface area (Å²) in [7, 11) is -2.33. The van der Waals surface area contributed by atoms with Crippen LogP contribution in [0.15, 0.2) is 47.4 Å². The highest BCUT2D eigenvalue weighted by Crippen LogP contribution is 2.31. The van der Waals surface area contributed by atoms with Gasteiger partial charge in [-0.3, -0.25) is 9.59 Å². The molecule has 2 heterocycles. The molecule has 10 heteroatoms. The van der Waals surface area contributed by atoms with Gasteiger partial charge in [0.25, 0.3) is 11.8 Å². The van der Waals surface area contributed by atoms with Crippen LogP contribution in [0.4, 0.5) is 0 Å². The van der Waals surface area contributed by atoms with E-state index in [0.29, 0.717) is 48.8 Å². The lowest BCUT2D eigenvalue weighted by Gasteiger charge is -2.37. The molecule has 32 heavy (non-hydrogen) atoms. The number of rotatable bonds is 4. The summed E-state index contributed by atoms with van der Waals surface area (Å²) in [4.78, 5) is 29.3. The molecule has 0 spiro atoms. The quantitative estimate of drug-likeness (QED) is 0.732. The molecule has 0 aromatic heterocycles.